The van der Waals surface area contributed by atoms with Crippen molar-refractivity contribution in [3.8, 4) is 5.75 Å². The molecule has 2 unspecified atom stereocenters. The summed E-state index contributed by atoms with van der Waals surface area (Å²) in [4.78, 5) is 15.1. The van der Waals surface area contributed by atoms with Crippen LogP contribution in [0.2, 0.25) is 0 Å². The standard InChI is InChI=1S/C21H26N6O2/c1-26(2)19(17-11-7-8-12-20(17)29-3)14-22-21(28)18(27-15-23-24-25-27)13-16-9-5-4-6-10-16/h4-12,15,18-19H,13-14H2,1-3H3,(H,22,28). The third-order valence-corrected chi connectivity index (χ3v) is 4.85. The number of tetrazole rings is 1. The van der Waals surface area contributed by atoms with Gasteiger partial charge >= 0.3 is 0 Å². The largest absolute Gasteiger partial charge is 0.496 e. The average molecular weight is 394 g/mol. The van der Waals surface area contributed by atoms with E-state index in [4.69, 9.17) is 4.74 Å². The Morgan fingerprint density at radius 2 is 1.86 bits per heavy atom. The van der Waals surface area contributed by atoms with Gasteiger partial charge in [0.25, 0.3) is 0 Å². The number of ether oxygens (including phenoxy) is 1. The number of amides is 1. The molecule has 3 aromatic rings. The zero-order chi connectivity index (χ0) is 20.6. The highest BCUT2D eigenvalue weighted by Crippen LogP contribution is 2.27. The maximum Gasteiger partial charge on any atom is 0.245 e. The Morgan fingerprint density at radius 1 is 1.14 bits per heavy atom. The van der Waals surface area contributed by atoms with Crippen molar-refractivity contribution in [2.24, 2.45) is 0 Å². The molecule has 1 aromatic heterocycles. The number of likely N-dealkylation sites (N-methyl/N-ethyl adjacent to an activating group) is 1. The molecule has 3 rings (SSSR count). The van der Waals surface area contributed by atoms with Crippen LogP contribution in [0.25, 0.3) is 0 Å². The molecule has 152 valence electrons. The molecule has 8 nitrogen and oxygen atoms in total. The minimum Gasteiger partial charge on any atom is -0.496 e. The van der Waals surface area contributed by atoms with Gasteiger partial charge in [-0.15, -0.1) is 5.10 Å². The monoisotopic (exact) mass is 394 g/mol. The van der Waals surface area contributed by atoms with Crippen molar-refractivity contribution >= 4 is 5.91 Å². The summed E-state index contributed by atoms with van der Waals surface area (Å²) in [5.74, 6) is 0.657. The fourth-order valence-corrected chi connectivity index (χ4v) is 3.28. The Hall–Kier alpha value is -3.26. The van der Waals surface area contributed by atoms with Crippen LogP contribution in [-0.2, 0) is 11.2 Å². The average Bonchev–Trinajstić information content (AvgIpc) is 3.27. The van der Waals surface area contributed by atoms with Crippen molar-refractivity contribution in [1.29, 1.82) is 0 Å². The van der Waals surface area contributed by atoms with E-state index in [1.54, 1.807) is 7.11 Å². The summed E-state index contributed by atoms with van der Waals surface area (Å²) in [6, 6.07) is 17.1. The highest BCUT2D eigenvalue weighted by molar-refractivity contribution is 5.80. The number of nitrogens with zero attached hydrogens (tertiary/aromatic N) is 5. The van der Waals surface area contributed by atoms with E-state index in [-0.39, 0.29) is 11.9 Å². The van der Waals surface area contributed by atoms with Gasteiger partial charge in [0.2, 0.25) is 5.91 Å². The van der Waals surface area contributed by atoms with Crippen LogP contribution in [0.4, 0.5) is 0 Å². The van der Waals surface area contributed by atoms with Gasteiger partial charge in [0, 0.05) is 18.5 Å². The summed E-state index contributed by atoms with van der Waals surface area (Å²) < 4.78 is 6.99. The Labute approximate surface area is 170 Å². The van der Waals surface area contributed by atoms with Gasteiger partial charge in [-0.3, -0.25) is 4.79 Å². The molecule has 0 aliphatic carbocycles. The van der Waals surface area contributed by atoms with E-state index in [0.29, 0.717) is 13.0 Å². The van der Waals surface area contributed by atoms with Crippen molar-refractivity contribution in [3.05, 3.63) is 72.1 Å². The molecule has 2 atom stereocenters. The smallest absolute Gasteiger partial charge is 0.245 e. The number of hydrogen-bond acceptors (Lipinski definition) is 6. The van der Waals surface area contributed by atoms with Crippen LogP contribution < -0.4 is 10.1 Å². The summed E-state index contributed by atoms with van der Waals surface area (Å²) in [7, 11) is 5.61. The lowest BCUT2D eigenvalue weighted by molar-refractivity contribution is -0.124. The molecule has 29 heavy (non-hydrogen) atoms. The molecule has 0 saturated heterocycles. The quantitative estimate of drug-likeness (QED) is 0.597. The lowest BCUT2D eigenvalue weighted by atomic mass is 10.0. The van der Waals surface area contributed by atoms with E-state index >= 15 is 0 Å². The summed E-state index contributed by atoms with van der Waals surface area (Å²) in [5.41, 5.74) is 2.05. The molecular formula is C21H26N6O2. The van der Waals surface area contributed by atoms with E-state index < -0.39 is 6.04 Å². The molecule has 8 heteroatoms. The number of carbonyl (C=O) groups excluding carboxylic acids is 1. The van der Waals surface area contributed by atoms with Crippen molar-refractivity contribution < 1.29 is 9.53 Å². The molecule has 0 radical (unpaired) electrons. The highest BCUT2D eigenvalue weighted by Gasteiger charge is 2.25. The third kappa shape index (κ3) is 5.17. The number of carbonyl (C=O) groups is 1. The van der Waals surface area contributed by atoms with Gasteiger partial charge in [-0.1, -0.05) is 48.5 Å². The fourth-order valence-electron chi connectivity index (χ4n) is 3.28. The van der Waals surface area contributed by atoms with Crippen LogP contribution in [-0.4, -0.2) is 58.8 Å². The Bertz CT molecular complexity index is 899. The van der Waals surface area contributed by atoms with Crippen molar-refractivity contribution in [3.63, 3.8) is 0 Å². The van der Waals surface area contributed by atoms with Crippen LogP contribution in [0.1, 0.15) is 23.2 Å². The predicted octanol–water partition coefficient (Wildman–Crippen LogP) is 1.88. The molecule has 0 bridgehead atoms. The lowest BCUT2D eigenvalue weighted by Crippen LogP contribution is -2.39. The summed E-state index contributed by atoms with van der Waals surface area (Å²) in [5, 5.41) is 14.4. The molecule has 2 aromatic carbocycles. The Kier molecular flexibility index (Phi) is 6.91. The van der Waals surface area contributed by atoms with E-state index in [9.17, 15) is 4.79 Å². The van der Waals surface area contributed by atoms with Crippen molar-refractivity contribution in [1.82, 2.24) is 30.4 Å². The van der Waals surface area contributed by atoms with E-state index in [1.165, 1.54) is 11.0 Å². The first-order valence-electron chi connectivity index (χ1n) is 9.43. The second kappa shape index (κ2) is 9.79. The maximum atomic E-state index is 13.1. The number of benzene rings is 2. The van der Waals surface area contributed by atoms with E-state index in [0.717, 1.165) is 16.9 Å². The summed E-state index contributed by atoms with van der Waals surface area (Å²) in [6.45, 7) is 0.430. The lowest BCUT2D eigenvalue weighted by Gasteiger charge is -2.27. The predicted molar refractivity (Wildman–Crippen MR) is 109 cm³/mol. The van der Waals surface area contributed by atoms with Gasteiger partial charge in [-0.25, -0.2) is 4.68 Å². The normalized spacial score (nSPS) is 13.1. The van der Waals surface area contributed by atoms with Gasteiger partial charge in [0.1, 0.15) is 18.1 Å². The van der Waals surface area contributed by atoms with E-state index in [2.05, 4.69) is 25.7 Å². The third-order valence-electron chi connectivity index (χ3n) is 4.85. The second-order valence-electron chi connectivity index (χ2n) is 6.96. The fraction of sp³-hybridized carbons (Fsp3) is 0.333. The first-order valence-corrected chi connectivity index (χ1v) is 9.43. The highest BCUT2D eigenvalue weighted by atomic mass is 16.5. The molecule has 0 aliphatic rings. The molecule has 0 spiro atoms. The van der Waals surface area contributed by atoms with Gasteiger partial charge in [-0.05, 0) is 36.2 Å². The Balaban J connectivity index is 1.76. The van der Waals surface area contributed by atoms with Crippen LogP contribution in [0.5, 0.6) is 5.75 Å². The molecule has 1 heterocycles. The SMILES string of the molecule is COc1ccccc1C(CNC(=O)C(Cc1ccccc1)n1cnnn1)N(C)C. The maximum absolute atomic E-state index is 13.1. The summed E-state index contributed by atoms with van der Waals surface area (Å²) >= 11 is 0. The van der Waals surface area contributed by atoms with E-state index in [1.807, 2.05) is 68.7 Å². The van der Waals surface area contributed by atoms with Crippen LogP contribution in [0, 0.1) is 0 Å². The zero-order valence-electron chi connectivity index (χ0n) is 16.9. The first-order chi connectivity index (χ1) is 14.1. The van der Waals surface area contributed by atoms with Crippen LogP contribution >= 0.6 is 0 Å². The van der Waals surface area contributed by atoms with Crippen molar-refractivity contribution in [2.75, 3.05) is 27.7 Å². The number of rotatable bonds is 9. The molecule has 1 amide bonds. The van der Waals surface area contributed by atoms with Gasteiger partial charge in [0.15, 0.2) is 0 Å². The minimum atomic E-state index is -0.534. The summed E-state index contributed by atoms with van der Waals surface area (Å²) in [6.07, 6.45) is 1.97. The van der Waals surface area contributed by atoms with Gasteiger partial charge < -0.3 is 15.0 Å². The second-order valence-corrected chi connectivity index (χ2v) is 6.96. The first kappa shape index (κ1) is 20.5. The van der Waals surface area contributed by atoms with Gasteiger partial charge in [0.05, 0.1) is 13.2 Å². The van der Waals surface area contributed by atoms with Crippen LogP contribution in [0.3, 0.4) is 0 Å². The number of methoxy groups -OCH3 is 1. The molecule has 0 aliphatic heterocycles. The topological polar surface area (TPSA) is 85.2 Å². The molecule has 0 saturated carbocycles. The van der Waals surface area contributed by atoms with Gasteiger partial charge in [-0.2, -0.15) is 0 Å². The molecule has 0 fully saturated rings. The number of para-hydroxylation sites is 1. The number of hydrogen-bond donors (Lipinski definition) is 1. The number of aromatic nitrogens is 4. The minimum absolute atomic E-state index is 0.0404. The van der Waals surface area contributed by atoms with Crippen molar-refractivity contribution in [2.45, 2.75) is 18.5 Å². The molecular weight excluding hydrogens is 368 g/mol. The molecule has 1 N–H and O–H groups in total. The Morgan fingerprint density at radius 3 is 2.52 bits per heavy atom. The van der Waals surface area contributed by atoms with Crippen LogP contribution in [0.15, 0.2) is 60.9 Å². The number of nitrogens with one attached hydrogen (secondary N) is 1. The zero-order valence-corrected chi connectivity index (χ0v) is 16.9.